The van der Waals surface area contributed by atoms with Crippen molar-refractivity contribution in [2.75, 3.05) is 0 Å². The molecule has 7 heteroatoms. The Hall–Kier alpha value is -1.37. The third-order valence-corrected chi connectivity index (χ3v) is 3.00. The van der Waals surface area contributed by atoms with Crippen LogP contribution in [0.3, 0.4) is 0 Å². The number of sulfone groups is 1. The molecule has 0 aliphatic heterocycles. The molecule has 3 nitrogen and oxygen atoms in total. The molecule has 0 amide bonds. The molecular formula is C9H8F3NO2S. The molecule has 0 bridgehead atoms. The minimum atomic E-state index is -4.60. The molecule has 0 N–H and O–H groups in total. The summed E-state index contributed by atoms with van der Waals surface area (Å²) < 4.78 is 59.7. The zero-order valence-electron chi connectivity index (χ0n) is 8.25. The van der Waals surface area contributed by atoms with Crippen LogP contribution in [0.5, 0.6) is 0 Å². The summed E-state index contributed by atoms with van der Waals surface area (Å²) in [6.45, 7) is 4.31. The van der Waals surface area contributed by atoms with Gasteiger partial charge >= 0.3 is 6.18 Å². The number of aromatic nitrogens is 1. The number of hydrogen-bond acceptors (Lipinski definition) is 3. The fourth-order valence-electron chi connectivity index (χ4n) is 1.03. The number of hydrogen-bond donors (Lipinski definition) is 0. The van der Waals surface area contributed by atoms with Crippen molar-refractivity contribution in [2.45, 2.75) is 18.1 Å². The smallest absolute Gasteiger partial charge is 0.241 e. The topological polar surface area (TPSA) is 47.0 Å². The third-order valence-electron chi connectivity index (χ3n) is 1.77. The maximum absolute atomic E-state index is 12.4. The van der Waals surface area contributed by atoms with E-state index in [-0.39, 0.29) is 5.69 Å². The molecule has 0 atom stereocenters. The molecule has 0 aromatic carbocycles. The summed E-state index contributed by atoms with van der Waals surface area (Å²) in [5, 5.41) is -0.0793. The van der Waals surface area contributed by atoms with Crippen molar-refractivity contribution in [2.24, 2.45) is 0 Å². The van der Waals surface area contributed by atoms with Crippen LogP contribution >= 0.6 is 0 Å². The second kappa shape index (κ2) is 3.89. The van der Waals surface area contributed by atoms with E-state index in [4.69, 9.17) is 0 Å². The van der Waals surface area contributed by atoms with Crippen LogP contribution in [0.2, 0.25) is 0 Å². The van der Waals surface area contributed by atoms with Crippen molar-refractivity contribution in [3.05, 3.63) is 35.4 Å². The van der Waals surface area contributed by atoms with Crippen LogP contribution in [0.4, 0.5) is 13.2 Å². The van der Waals surface area contributed by atoms with Crippen molar-refractivity contribution < 1.29 is 21.6 Å². The summed E-state index contributed by atoms with van der Waals surface area (Å²) in [5.74, 6) is 0. The van der Waals surface area contributed by atoms with E-state index >= 15 is 0 Å². The van der Waals surface area contributed by atoms with Crippen LogP contribution < -0.4 is 0 Å². The Balaban J connectivity index is 3.47. The Morgan fingerprint density at radius 2 is 1.94 bits per heavy atom. The highest BCUT2D eigenvalue weighted by molar-refractivity contribution is 7.94. The van der Waals surface area contributed by atoms with E-state index in [9.17, 15) is 21.6 Å². The Labute approximate surface area is 90.5 Å². The first-order valence-electron chi connectivity index (χ1n) is 4.10. The van der Waals surface area contributed by atoms with Crippen LogP contribution in [0, 0.1) is 6.92 Å². The molecule has 0 aliphatic carbocycles. The van der Waals surface area contributed by atoms with Gasteiger partial charge in [0.1, 0.15) is 0 Å². The molecule has 0 unspecified atom stereocenters. The highest BCUT2D eigenvalue weighted by atomic mass is 32.2. The molecule has 0 radical (unpaired) electrons. The number of aryl methyl sites for hydroxylation is 1. The average molecular weight is 251 g/mol. The monoisotopic (exact) mass is 251 g/mol. The fourth-order valence-corrected chi connectivity index (χ4v) is 1.77. The van der Waals surface area contributed by atoms with Crippen molar-refractivity contribution in [1.29, 1.82) is 0 Å². The van der Waals surface area contributed by atoms with Gasteiger partial charge in [0.25, 0.3) is 0 Å². The van der Waals surface area contributed by atoms with E-state index in [1.807, 2.05) is 0 Å². The molecule has 0 fully saturated rings. The summed E-state index contributed by atoms with van der Waals surface area (Å²) >= 11 is 0. The Morgan fingerprint density at radius 3 is 2.38 bits per heavy atom. The quantitative estimate of drug-likeness (QED) is 0.810. The number of rotatable bonds is 2. The number of halogens is 3. The molecule has 1 aromatic rings. The molecular weight excluding hydrogens is 243 g/mol. The van der Waals surface area contributed by atoms with Crippen LogP contribution in [0.1, 0.15) is 11.3 Å². The molecule has 0 saturated heterocycles. The summed E-state index contributed by atoms with van der Waals surface area (Å²) in [7, 11) is -3.95. The standard InChI is InChI=1S/C9H8F3NO2S/c1-3-16(14,15)8-5-7(9(10,11)12)4-6(2)13-8/h3-5H,1H2,2H3. The van der Waals surface area contributed by atoms with Crippen LogP contribution in [0.15, 0.2) is 29.1 Å². The average Bonchev–Trinajstić information content (AvgIpc) is 2.15. The largest absolute Gasteiger partial charge is 0.416 e. The van der Waals surface area contributed by atoms with Crippen LogP contribution in [-0.4, -0.2) is 13.4 Å². The zero-order valence-corrected chi connectivity index (χ0v) is 9.06. The first-order valence-corrected chi connectivity index (χ1v) is 5.65. The van der Waals surface area contributed by atoms with Crippen LogP contribution in [-0.2, 0) is 16.0 Å². The van der Waals surface area contributed by atoms with Gasteiger partial charge in [-0.25, -0.2) is 13.4 Å². The molecule has 1 heterocycles. The third kappa shape index (κ3) is 2.60. The summed E-state index contributed by atoms with van der Waals surface area (Å²) in [6, 6.07) is 1.27. The summed E-state index contributed by atoms with van der Waals surface area (Å²) in [6.07, 6.45) is -4.60. The Bertz CT molecular complexity index is 520. The lowest BCUT2D eigenvalue weighted by molar-refractivity contribution is -0.137. The second-order valence-electron chi connectivity index (χ2n) is 3.04. The van der Waals surface area contributed by atoms with Gasteiger partial charge < -0.3 is 0 Å². The van der Waals surface area contributed by atoms with E-state index in [1.165, 1.54) is 6.92 Å². The van der Waals surface area contributed by atoms with E-state index < -0.39 is 26.6 Å². The van der Waals surface area contributed by atoms with Gasteiger partial charge in [0.15, 0.2) is 5.03 Å². The molecule has 0 aliphatic rings. The van der Waals surface area contributed by atoms with Crippen molar-refractivity contribution in [3.63, 3.8) is 0 Å². The van der Waals surface area contributed by atoms with E-state index in [1.54, 1.807) is 0 Å². The number of pyridine rings is 1. The number of alkyl halides is 3. The van der Waals surface area contributed by atoms with Gasteiger partial charge in [0.2, 0.25) is 9.84 Å². The molecule has 0 spiro atoms. The van der Waals surface area contributed by atoms with E-state index in [2.05, 4.69) is 11.6 Å². The highest BCUT2D eigenvalue weighted by Crippen LogP contribution is 2.30. The minimum Gasteiger partial charge on any atom is -0.241 e. The molecule has 1 rings (SSSR count). The maximum atomic E-state index is 12.4. The predicted molar refractivity (Wildman–Crippen MR) is 51.4 cm³/mol. The van der Waals surface area contributed by atoms with Gasteiger partial charge in [0, 0.05) is 11.1 Å². The van der Waals surface area contributed by atoms with Gasteiger partial charge in [-0.15, -0.1) is 0 Å². The summed E-state index contributed by atoms with van der Waals surface area (Å²) in [4.78, 5) is 3.53. The van der Waals surface area contributed by atoms with E-state index in [0.29, 0.717) is 11.5 Å². The maximum Gasteiger partial charge on any atom is 0.416 e. The molecule has 16 heavy (non-hydrogen) atoms. The van der Waals surface area contributed by atoms with Gasteiger partial charge in [-0.2, -0.15) is 13.2 Å². The van der Waals surface area contributed by atoms with Crippen LogP contribution in [0.25, 0.3) is 0 Å². The van der Waals surface area contributed by atoms with E-state index in [0.717, 1.165) is 6.07 Å². The van der Waals surface area contributed by atoms with Gasteiger partial charge in [-0.05, 0) is 19.1 Å². The first kappa shape index (κ1) is 12.7. The van der Waals surface area contributed by atoms with Crippen molar-refractivity contribution in [3.8, 4) is 0 Å². The second-order valence-corrected chi connectivity index (χ2v) is 4.89. The number of nitrogens with zero attached hydrogens (tertiary/aromatic N) is 1. The Morgan fingerprint density at radius 1 is 1.38 bits per heavy atom. The normalized spacial score (nSPS) is 12.5. The van der Waals surface area contributed by atoms with Gasteiger partial charge in [-0.1, -0.05) is 6.58 Å². The minimum absolute atomic E-state index is 0.0183. The highest BCUT2D eigenvalue weighted by Gasteiger charge is 2.32. The molecule has 0 saturated carbocycles. The molecule has 88 valence electrons. The van der Waals surface area contributed by atoms with Gasteiger partial charge in [-0.3, -0.25) is 0 Å². The lowest BCUT2D eigenvalue weighted by Crippen LogP contribution is -2.09. The Kier molecular flexibility index (Phi) is 3.09. The van der Waals surface area contributed by atoms with Crippen molar-refractivity contribution >= 4 is 9.84 Å². The van der Waals surface area contributed by atoms with Gasteiger partial charge in [0.05, 0.1) is 5.56 Å². The zero-order chi connectivity index (χ0) is 12.6. The SMILES string of the molecule is C=CS(=O)(=O)c1cc(C(F)(F)F)cc(C)n1. The van der Waals surface area contributed by atoms with Crippen molar-refractivity contribution in [1.82, 2.24) is 4.98 Å². The molecule has 1 aromatic heterocycles. The summed E-state index contributed by atoms with van der Waals surface area (Å²) in [5.41, 5.74) is -1.06. The predicted octanol–water partition coefficient (Wildman–Crippen LogP) is 2.33. The lowest BCUT2D eigenvalue weighted by atomic mass is 10.2. The first-order chi connectivity index (χ1) is 7.16. The lowest BCUT2D eigenvalue weighted by Gasteiger charge is -2.08. The fraction of sp³-hybridized carbons (Fsp3) is 0.222.